The molecule has 22 heavy (non-hydrogen) atoms. The van der Waals surface area contributed by atoms with Crippen LogP contribution in [0.1, 0.15) is 26.2 Å². The monoisotopic (exact) mass is 307 g/mol. The lowest BCUT2D eigenvalue weighted by Crippen LogP contribution is -2.34. The molecule has 6 heteroatoms. The molecule has 1 aromatic rings. The molecule has 0 bridgehead atoms. The van der Waals surface area contributed by atoms with Gasteiger partial charge in [-0.2, -0.15) is 0 Å². The number of aliphatic carboxylic acids is 1. The van der Waals surface area contributed by atoms with Gasteiger partial charge in [0.1, 0.15) is 5.75 Å². The summed E-state index contributed by atoms with van der Waals surface area (Å²) < 4.78 is 10.8. The highest BCUT2D eigenvalue weighted by molar-refractivity contribution is 5.94. The Bertz CT molecular complexity index is 508. The van der Waals surface area contributed by atoms with Crippen molar-refractivity contribution in [3.63, 3.8) is 0 Å². The number of hydrogen-bond donors (Lipinski definition) is 2. The van der Waals surface area contributed by atoms with Crippen molar-refractivity contribution in [2.45, 2.75) is 32.3 Å². The number of benzene rings is 1. The Balaban J connectivity index is 2.01. The van der Waals surface area contributed by atoms with Gasteiger partial charge in [0.05, 0.1) is 25.0 Å². The van der Waals surface area contributed by atoms with Crippen molar-refractivity contribution in [2.24, 2.45) is 5.92 Å². The predicted molar refractivity (Wildman–Crippen MR) is 81.0 cm³/mol. The molecule has 1 saturated heterocycles. The number of ether oxygens (including phenoxy) is 2. The SMILES string of the molecule is CCOc1ccc(NC(=O)[C@@H](CC(=O)O)[C@H]2CCCO2)cc1. The van der Waals surface area contributed by atoms with E-state index >= 15 is 0 Å². The number of carbonyl (C=O) groups is 2. The quantitative estimate of drug-likeness (QED) is 0.807. The van der Waals surface area contributed by atoms with Crippen LogP contribution in [0.25, 0.3) is 0 Å². The van der Waals surface area contributed by atoms with Crippen molar-refractivity contribution in [3.05, 3.63) is 24.3 Å². The number of anilines is 1. The first kappa shape index (κ1) is 16.3. The van der Waals surface area contributed by atoms with Crippen LogP contribution >= 0.6 is 0 Å². The molecule has 0 saturated carbocycles. The highest BCUT2D eigenvalue weighted by atomic mass is 16.5. The molecule has 2 atom stereocenters. The van der Waals surface area contributed by atoms with E-state index in [1.807, 2.05) is 6.92 Å². The van der Waals surface area contributed by atoms with Gasteiger partial charge in [0.25, 0.3) is 0 Å². The Morgan fingerprint density at radius 2 is 2.14 bits per heavy atom. The lowest BCUT2D eigenvalue weighted by atomic mass is 9.95. The van der Waals surface area contributed by atoms with Crippen molar-refractivity contribution in [3.8, 4) is 5.75 Å². The van der Waals surface area contributed by atoms with Gasteiger partial charge in [-0.1, -0.05) is 0 Å². The molecular formula is C16H21NO5. The molecule has 0 aromatic heterocycles. The fourth-order valence-electron chi connectivity index (χ4n) is 2.54. The van der Waals surface area contributed by atoms with Gasteiger partial charge < -0.3 is 19.9 Å². The number of rotatable bonds is 7. The topological polar surface area (TPSA) is 84.9 Å². The van der Waals surface area contributed by atoms with E-state index in [1.54, 1.807) is 24.3 Å². The molecule has 2 rings (SSSR count). The van der Waals surface area contributed by atoms with Crippen LogP contribution in [-0.2, 0) is 14.3 Å². The Kier molecular flexibility index (Phi) is 5.77. The van der Waals surface area contributed by atoms with Gasteiger partial charge >= 0.3 is 5.97 Å². The minimum Gasteiger partial charge on any atom is -0.494 e. The van der Waals surface area contributed by atoms with E-state index in [0.717, 1.165) is 12.2 Å². The van der Waals surface area contributed by atoms with Crippen LogP contribution in [-0.4, -0.2) is 36.3 Å². The van der Waals surface area contributed by atoms with E-state index in [0.29, 0.717) is 25.3 Å². The highest BCUT2D eigenvalue weighted by Crippen LogP contribution is 2.25. The Labute approximate surface area is 129 Å². The summed E-state index contributed by atoms with van der Waals surface area (Å²) in [5.74, 6) is -1.27. The molecule has 1 aliphatic heterocycles. The number of hydrogen-bond acceptors (Lipinski definition) is 4. The van der Waals surface area contributed by atoms with Crippen LogP contribution in [0.15, 0.2) is 24.3 Å². The average Bonchev–Trinajstić information content (AvgIpc) is 3.01. The first-order valence-electron chi connectivity index (χ1n) is 7.47. The van der Waals surface area contributed by atoms with E-state index in [-0.39, 0.29) is 18.4 Å². The Morgan fingerprint density at radius 1 is 1.41 bits per heavy atom. The minimum absolute atomic E-state index is 0.229. The number of amides is 1. The van der Waals surface area contributed by atoms with Crippen LogP contribution in [0.3, 0.4) is 0 Å². The number of nitrogens with one attached hydrogen (secondary N) is 1. The fraction of sp³-hybridized carbons (Fsp3) is 0.500. The zero-order valence-corrected chi connectivity index (χ0v) is 12.6. The number of carbonyl (C=O) groups excluding carboxylic acids is 1. The zero-order valence-electron chi connectivity index (χ0n) is 12.6. The molecule has 6 nitrogen and oxygen atoms in total. The second kappa shape index (κ2) is 7.79. The number of carboxylic acid groups (broad SMARTS) is 1. The van der Waals surface area contributed by atoms with Gasteiger partial charge in [-0.25, -0.2) is 0 Å². The summed E-state index contributed by atoms with van der Waals surface area (Å²) in [6, 6.07) is 6.99. The van der Waals surface area contributed by atoms with Gasteiger partial charge in [0, 0.05) is 12.3 Å². The van der Waals surface area contributed by atoms with Crippen molar-refractivity contribution < 1.29 is 24.2 Å². The average molecular weight is 307 g/mol. The van der Waals surface area contributed by atoms with E-state index < -0.39 is 11.9 Å². The predicted octanol–water partition coefficient (Wildman–Crippen LogP) is 2.29. The van der Waals surface area contributed by atoms with E-state index in [1.165, 1.54) is 0 Å². The highest BCUT2D eigenvalue weighted by Gasteiger charge is 2.33. The second-order valence-electron chi connectivity index (χ2n) is 5.20. The van der Waals surface area contributed by atoms with Crippen LogP contribution in [0.2, 0.25) is 0 Å². The third-order valence-electron chi connectivity index (χ3n) is 3.58. The maximum Gasteiger partial charge on any atom is 0.304 e. The minimum atomic E-state index is -0.998. The molecule has 0 spiro atoms. The van der Waals surface area contributed by atoms with Crippen molar-refractivity contribution in [2.75, 3.05) is 18.5 Å². The van der Waals surface area contributed by atoms with E-state index in [2.05, 4.69) is 5.32 Å². The Morgan fingerprint density at radius 3 is 2.68 bits per heavy atom. The summed E-state index contributed by atoms with van der Waals surface area (Å²) in [6.07, 6.45) is 1.03. The summed E-state index contributed by atoms with van der Waals surface area (Å²) >= 11 is 0. The van der Waals surface area contributed by atoms with Crippen LogP contribution in [0.5, 0.6) is 5.75 Å². The largest absolute Gasteiger partial charge is 0.494 e. The molecule has 1 aliphatic rings. The molecule has 1 aromatic carbocycles. The van der Waals surface area contributed by atoms with Gasteiger partial charge in [-0.05, 0) is 44.0 Å². The molecule has 1 fully saturated rings. The van der Waals surface area contributed by atoms with Crippen LogP contribution in [0.4, 0.5) is 5.69 Å². The summed E-state index contributed by atoms with van der Waals surface area (Å²) in [7, 11) is 0. The fourth-order valence-corrected chi connectivity index (χ4v) is 2.54. The molecule has 0 unspecified atom stereocenters. The maximum atomic E-state index is 12.4. The van der Waals surface area contributed by atoms with E-state index in [4.69, 9.17) is 14.6 Å². The van der Waals surface area contributed by atoms with E-state index in [9.17, 15) is 9.59 Å². The number of carboxylic acids is 1. The smallest absolute Gasteiger partial charge is 0.304 e. The molecule has 0 radical (unpaired) electrons. The molecule has 120 valence electrons. The van der Waals surface area contributed by atoms with Crippen molar-refractivity contribution >= 4 is 17.6 Å². The van der Waals surface area contributed by atoms with Gasteiger partial charge in [-0.15, -0.1) is 0 Å². The van der Waals surface area contributed by atoms with Gasteiger partial charge in [0.15, 0.2) is 0 Å². The van der Waals surface area contributed by atoms with Crippen LogP contribution in [0, 0.1) is 5.92 Å². The summed E-state index contributed by atoms with van der Waals surface area (Å²) in [5, 5.41) is 11.8. The van der Waals surface area contributed by atoms with Crippen LogP contribution < -0.4 is 10.1 Å². The molecule has 0 aliphatic carbocycles. The van der Waals surface area contributed by atoms with Gasteiger partial charge in [-0.3, -0.25) is 9.59 Å². The third kappa shape index (κ3) is 4.46. The second-order valence-corrected chi connectivity index (χ2v) is 5.20. The summed E-state index contributed by atoms with van der Waals surface area (Å²) in [6.45, 7) is 3.05. The summed E-state index contributed by atoms with van der Waals surface area (Å²) in [5.41, 5.74) is 0.613. The molecule has 1 heterocycles. The molecular weight excluding hydrogens is 286 g/mol. The third-order valence-corrected chi connectivity index (χ3v) is 3.58. The van der Waals surface area contributed by atoms with Crippen molar-refractivity contribution in [1.82, 2.24) is 0 Å². The zero-order chi connectivity index (χ0) is 15.9. The maximum absolute atomic E-state index is 12.4. The molecule has 2 N–H and O–H groups in total. The first-order valence-corrected chi connectivity index (χ1v) is 7.47. The summed E-state index contributed by atoms with van der Waals surface area (Å²) in [4.78, 5) is 23.3. The van der Waals surface area contributed by atoms with Crippen molar-refractivity contribution in [1.29, 1.82) is 0 Å². The lowest BCUT2D eigenvalue weighted by molar-refractivity contribution is -0.142. The van der Waals surface area contributed by atoms with Gasteiger partial charge in [0.2, 0.25) is 5.91 Å². The lowest BCUT2D eigenvalue weighted by Gasteiger charge is -2.20. The Hall–Kier alpha value is -2.08. The standard InChI is InChI=1S/C16H21NO5/c1-2-21-12-7-5-11(6-8-12)17-16(20)13(10-15(18)19)14-4-3-9-22-14/h5-8,13-14H,2-4,9-10H2,1H3,(H,17,20)(H,18,19)/t13-,14+/m0/s1. The molecule has 1 amide bonds. The first-order chi connectivity index (χ1) is 10.6. The normalized spacial score (nSPS) is 18.7.